The first-order valence-electron chi connectivity index (χ1n) is 14.2. The van der Waals surface area contributed by atoms with Gasteiger partial charge in [-0.1, -0.05) is 31.7 Å². The van der Waals surface area contributed by atoms with Crippen LogP contribution in [0.3, 0.4) is 0 Å². The molecule has 4 aliphatic rings. The highest BCUT2D eigenvalue weighted by atomic mass is 16.3. The van der Waals surface area contributed by atoms with Gasteiger partial charge in [0.2, 0.25) is 5.78 Å². The molecule has 1 aromatic carbocycles. The zero-order chi connectivity index (χ0) is 28.9. The highest BCUT2D eigenvalue weighted by Gasteiger charge is 2.64. The van der Waals surface area contributed by atoms with Gasteiger partial charge in [0.05, 0.1) is 11.6 Å². The normalized spacial score (nSPS) is 29.2. The maximum Gasteiger partial charge on any atom is 0.255 e. The number of fused-ring (bicyclic) bond motifs is 3. The van der Waals surface area contributed by atoms with E-state index in [1.165, 1.54) is 43.4 Å². The second kappa shape index (κ2) is 10.6. The van der Waals surface area contributed by atoms with Gasteiger partial charge in [0.15, 0.2) is 11.4 Å². The van der Waals surface area contributed by atoms with Crippen LogP contribution >= 0.6 is 0 Å². The van der Waals surface area contributed by atoms with E-state index >= 15 is 0 Å². The largest absolute Gasteiger partial charge is 0.508 e. The molecule has 7 N–H and O–H groups in total. The Morgan fingerprint density at radius 3 is 2.40 bits per heavy atom. The Morgan fingerprint density at radius 2 is 1.77 bits per heavy atom. The molecule has 5 rings (SSSR count). The first kappa shape index (κ1) is 28.3. The fourth-order valence-electron chi connectivity index (χ4n) is 7.43. The number of hydrogen-bond acceptors (Lipinski definition) is 9. The monoisotopic (exact) mass is 553 g/mol. The molecule has 4 aliphatic carbocycles. The highest BCUT2D eigenvalue weighted by molar-refractivity contribution is 6.24. The molecule has 10 heteroatoms. The van der Waals surface area contributed by atoms with Crippen LogP contribution in [0.1, 0.15) is 61.6 Å². The zero-order valence-corrected chi connectivity index (χ0v) is 23.1. The fraction of sp³-hybridized carbons (Fsp3) is 0.567. The Kier molecular flexibility index (Phi) is 7.54. The molecule has 0 spiro atoms. The average molecular weight is 554 g/mol. The summed E-state index contributed by atoms with van der Waals surface area (Å²) in [5, 5.41) is 48.3. The number of Topliss-reactive ketones (excluding diaryl/α,β-unsaturated/α-hetero) is 2. The molecule has 1 amide bonds. The first-order chi connectivity index (χ1) is 19.0. The van der Waals surface area contributed by atoms with E-state index in [-0.39, 0.29) is 23.3 Å². The van der Waals surface area contributed by atoms with E-state index in [9.17, 15) is 34.8 Å². The van der Waals surface area contributed by atoms with Gasteiger partial charge in [0, 0.05) is 18.0 Å². The van der Waals surface area contributed by atoms with E-state index < -0.39 is 58.0 Å². The van der Waals surface area contributed by atoms with Gasteiger partial charge in [0.1, 0.15) is 22.8 Å². The van der Waals surface area contributed by atoms with Gasteiger partial charge in [-0.2, -0.15) is 0 Å². The quantitative estimate of drug-likeness (QED) is 0.228. The summed E-state index contributed by atoms with van der Waals surface area (Å²) in [5.74, 6) is -5.75. The SMILES string of the molecule is CN(C)[C@@H]1C(=O)C(C(N)=O)=C(O)[C@@]2(O)C(=O)C3=C(O)c4c(O)cc(CNCC5CCCCCC5)cc4C[C@H]3C[C@@H]12. The second-order valence-corrected chi connectivity index (χ2v) is 12.1. The van der Waals surface area contributed by atoms with Crippen molar-refractivity contribution >= 4 is 23.2 Å². The van der Waals surface area contributed by atoms with Crippen molar-refractivity contribution in [2.45, 2.75) is 69.6 Å². The van der Waals surface area contributed by atoms with Crippen molar-refractivity contribution in [2.24, 2.45) is 23.5 Å². The molecular formula is C30H39N3O7. The number of aromatic hydroxyl groups is 1. The molecular weight excluding hydrogens is 514 g/mol. The summed E-state index contributed by atoms with van der Waals surface area (Å²) < 4.78 is 0. The summed E-state index contributed by atoms with van der Waals surface area (Å²) in [7, 11) is 3.17. The summed E-state index contributed by atoms with van der Waals surface area (Å²) in [6.45, 7) is 1.45. The molecule has 0 aromatic heterocycles. The smallest absolute Gasteiger partial charge is 0.255 e. The minimum absolute atomic E-state index is 0.0800. The number of nitrogens with zero attached hydrogens (tertiary/aromatic N) is 1. The molecule has 40 heavy (non-hydrogen) atoms. The molecule has 2 saturated carbocycles. The van der Waals surface area contributed by atoms with Crippen LogP contribution in [-0.2, 0) is 27.3 Å². The van der Waals surface area contributed by atoms with Crippen molar-refractivity contribution in [1.29, 1.82) is 0 Å². The van der Waals surface area contributed by atoms with Gasteiger partial charge >= 0.3 is 0 Å². The Balaban J connectivity index is 1.48. The number of ketones is 2. The maximum atomic E-state index is 13.8. The van der Waals surface area contributed by atoms with Crippen molar-refractivity contribution in [3.8, 4) is 5.75 Å². The Morgan fingerprint density at radius 1 is 1.10 bits per heavy atom. The third-order valence-electron chi connectivity index (χ3n) is 9.32. The van der Waals surface area contributed by atoms with E-state index in [1.54, 1.807) is 20.2 Å². The van der Waals surface area contributed by atoms with Gasteiger partial charge in [-0.25, -0.2) is 0 Å². The molecule has 0 saturated heterocycles. The molecule has 10 nitrogen and oxygen atoms in total. The Hall–Kier alpha value is -3.21. The lowest BCUT2D eigenvalue weighted by molar-refractivity contribution is -0.153. The number of carbonyl (C=O) groups excluding carboxylic acids is 3. The standard InChI is InChI=1S/C30H39N3O7/c1-33(2)24-19-12-18-11-17-9-16(14-32-13-15-7-5-3-4-6-8-15)10-20(34)21(17)25(35)22(18)27(37)30(19,40)28(38)23(26(24)36)29(31)39/h9-10,15,18-19,24,32,34-35,38,40H,3-8,11-14H2,1-2H3,(H2,31,39)/t18-,19-,24-,30-/m0/s1. The molecule has 4 atom stereocenters. The van der Waals surface area contributed by atoms with Crippen LogP contribution in [0.25, 0.3) is 5.76 Å². The average Bonchev–Trinajstić information content (AvgIpc) is 3.14. The molecule has 1 aromatic rings. The molecule has 216 valence electrons. The summed E-state index contributed by atoms with van der Waals surface area (Å²) in [6.07, 6.45) is 7.91. The number of benzene rings is 1. The molecule has 0 unspecified atom stereocenters. The van der Waals surface area contributed by atoms with Gasteiger partial charge in [-0.15, -0.1) is 0 Å². The van der Waals surface area contributed by atoms with Crippen molar-refractivity contribution < 1.29 is 34.8 Å². The minimum atomic E-state index is -2.62. The number of phenols is 1. The third-order valence-corrected chi connectivity index (χ3v) is 9.32. The molecule has 0 heterocycles. The van der Waals surface area contributed by atoms with Crippen molar-refractivity contribution in [3.63, 3.8) is 0 Å². The second-order valence-electron chi connectivity index (χ2n) is 12.1. The first-order valence-corrected chi connectivity index (χ1v) is 14.2. The number of nitrogens with two attached hydrogens (primary N) is 1. The molecule has 0 aliphatic heterocycles. The Labute approximate surface area is 233 Å². The van der Waals surface area contributed by atoms with Crippen molar-refractivity contribution in [2.75, 3.05) is 20.6 Å². The lowest BCUT2D eigenvalue weighted by Gasteiger charge is -2.50. The van der Waals surface area contributed by atoms with E-state index in [4.69, 9.17) is 5.73 Å². The molecule has 2 fully saturated rings. The van der Waals surface area contributed by atoms with Crippen LogP contribution in [0.4, 0.5) is 0 Å². The third kappa shape index (κ3) is 4.52. The van der Waals surface area contributed by atoms with Gasteiger partial charge in [-0.3, -0.25) is 19.3 Å². The van der Waals surface area contributed by atoms with Crippen LogP contribution in [0.5, 0.6) is 5.75 Å². The minimum Gasteiger partial charge on any atom is -0.508 e. The number of aliphatic hydroxyl groups is 3. The van der Waals surface area contributed by atoms with Crippen molar-refractivity contribution in [3.05, 3.63) is 45.7 Å². The van der Waals surface area contributed by atoms with Gasteiger partial charge in [0.25, 0.3) is 5.91 Å². The number of amides is 1. The zero-order valence-electron chi connectivity index (χ0n) is 23.1. The van der Waals surface area contributed by atoms with E-state index in [0.717, 1.165) is 12.1 Å². The number of aliphatic hydroxyl groups excluding tert-OH is 2. The van der Waals surface area contributed by atoms with Crippen LogP contribution in [0, 0.1) is 17.8 Å². The number of primary amides is 1. The number of rotatable bonds is 6. The summed E-state index contributed by atoms with van der Waals surface area (Å²) in [6, 6.07) is 2.38. The number of hydrogen-bond donors (Lipinski definition) is 6. The van der Waals surface area contributed by atoms with E-state index in [1.807, 2.05) is 6.07 Å². The molecule has 0 bridgehead atoms. The van der Waals surface area contributed by atoms with Crippen LogP contribution in [0.15, 0.2) is 29.0 Å². The number of likely N-dealkylation sites (N-methyl/N-ethyl adjacent to an activating group) is 1. The lowest BCUT2D eigenvalue weighted by Crippen LogP contribution is -2.65. The topological polar surface area (TPSA) is 173 Å². The lowest BCUT2D eigenvalue weighted by atomic mass is 9.57. The number of carbonyl (C=O) groups is 3. The fourth-order valence-corrected chi connectivity index (χ4v) is 7.43. The van der Waals surface area contributed by atoms with Crippen LogP contribution in [0.2, 0.25) is 0 Å². The molecule has 0 radical (unpaired) electrons. The maximum absolute atomic E-state index is 13.8. The summed E-state index contributed by atoms with van der Waals surface area (Å²) in [5.41, 5.74) is 3.41. The predicted octanol–water partition coefficient (Wildman–Crippen LogP) is 2.02. The predicted molar refractivity (Wildman–Crippen MR) is 147 cm³/mol. The number of phenolic OH excluding ortho intramolecular Hbond substituents is 1. The van der Waals surface area contributed by atoms with Crippen LogP contribution < -0.4 is 11.1 Å². The van der Waals surface area contributed by atoms with E-state index in [0.29, 0.717) is 24.4 Å². The van der Waals surface area contributed by atoms with Gasteiger partial charge < -0.3 is 31.5 Å². The number of nitrogens with one attached hydrogen (secondary N) is 1. The van der Waals surface area contributed by atoms with Crippen LogP contribution in [-0.4, -0.2) is 75.1 Å². The summed E-state index contributed by atoms with van der Waals surface area (Å²) >= 11 is 0. The summed E-state index contributed by atoms with van der Waals surface area (Å²) in [4.78, 5) is 40.6. The Bertz CT molecular complexity index is 1310. The van der Waals surface area contributed by atoms with E-state index in [2.05, 4.69) is 5.32 Å². The highest BCUT2D eigenvalue weighted by Crippen LogP contribution is 2.52. The van der Waals surface area contributed by atoms with Gasteiger partial charge in [-0.05, 0) is 75.4 Å². The van der Waals surface area contributed by atoms with Crippen molar-refractivity contribution in [1.82, 2.24) is 10.2 Å².